The van der Waals surface area contributed by atoms with E-state index in [0.717, 1.165) is 5.56 Å². The molecule has 1 aromatic rings. The molecule has 0 aliphatic rings. The second-order valence-corrected chi connectivity index (χ2v) is 2.49. The molecule has 0 atom stereocenters. The summed E-state index contributed by atoms with van der Waals surface area (Å²) in [6.45, 7) is 2.85. The molecule has 0 fully saturated rings. The Kier molecular flexibility index (Phi) is 3.75. The van der Waals surface area contributed by atoms with E-state index in [1.165, 1.54) is 0 Å². The minimum atomic E-state index is -0.265. The lowest BCUT2D eigenvalue weighted by Gasteiger charge is -2.02. The SMILES string of the molecule is CC[N]C(=O)NCc1ccncc1. The second-order valence-electron chi connectivity index (χ2n) is 2.49. The first-order valence-electron chi connectivity index (χ1n) is 4.17. The van der Waals surface area contributed by atoms with Crippen molar-refractivity contribution in [3.05, 3.63) is 30.1 Å². The predicted octanol–water partition coefficient (Wildman–Crippen LogP) is 0.915. The van der Waals surface area contributed by atoms with Crippen molar-refractivity contribution in [3.63, 3.8) is 0 Å². The van der Waals surface area contributed by atoms with Crippen molar-refractivity contribution in [1.82, 2.24) is 15.6 Å². The lowest BCUT2D eigenvalue weighted by Crippen LogP contribution is -2.29. The third-order valence-electron chi connectivity index (χ3n) is 1.49. The number of aromatic nitrogens is 1. The van der Waals surface area contributed by atoms with Gasteiger partial charge in [-0.2, -0.15) is 0 Å². The van der Waals surface area contributed by atoms with Gasteiger partial charge in [0.15, 0.2) is 0 Å². The summed E-state index contributed by atoms with van der Waals surface area (Å²) in [4.78, 5) is 14.8. The minimum Gasteiger partial charge on any atom is -0.332 e. The summed E-state index contributed by atoms with van der Waals surface area (Å²) in [6, 6.07) is 3.44. The third-order valence-corrected chi connectivity index (χ3v) is 1.49. The summed E-state index contributed by atoms with van der Waals surface area (Å²) in [5.41, 5.74) is 1.02. The number of carbonyl (C=O) groups excluding carboxylic acids is 1. The van der Waals surface area contributed by atoms with Crippen LogP contribution in [0.15, 0.2) is 24.5 Å². The van der Waals surface area contributed by atoms with E-state index < -0.39 is 0 Å². The molecule has 69 valence electrons. The maximum Gasteiger partial charge on any atom is 0.336 e. The number of pyridine rings is 1. The molecule has 0 bridgehead atoms. The standard InChI is InChI=1S/C9H12N3O/c1-2-11-9(13)12-7-8-3-5-10-6-4-8/h3-6H,2,7H2,1H3,(H,12,13). The molecule has 1 heterocycles. The van der Waals surface area contributed by atoms with E-state index in [2.05, 4.69) is 15.6 Å². The fourth-order valence-electron chi connectivity index (χ4n) is 0.878. The van der Waals surface area contributed by atoms with Crippen LogP contribution in [0.4, 0.5) is 4.79 Å². The second kappa shape index (κ2) is 5.13. The number of urea groups is 1. The Labute approximate surface area is 77.4 Å². The van der Waals surface area contributed by atoms with Gasteiger partial charge in [-0.1, -0.05) is 0 Å². The highest BCUT2D eigenvalue weighted by Gasteiger charge is 1.98. The molecule has 4 heteroatoms. The Hall–Kier alpha value is -1.58. The van der Waals surface area contributed by atoms with Crippen LogP contribution in [0.1, 0.15) is 12.5 Å². The van der Waals surface area contributed by atoms with Crippen molar-refractivity contribution in [3.8, 4) is 0 Å². The van der Waals surface area contributed by atoms with Gasteiger partial charge in [0.2, 0.25) is 0 Å². The van der Waals surface area contributed by atoms with Crippen LogP contribution in [0.2, 0.25) is 0 Å². The van der Waals surface area contributed by atoms with Crippen molar-refractivity contribution in [1.29, 1.82) is 0 Å². The molecular weight excluding hydrogens is 166 g/mol. The highest BCUT2D eigenvalue weighted by atomic mass is 16.2. The minimum absolute atomic E-state index is 0.265. The van der Waals surface area contributed by atoms with Crippen LogP contribution >= 0.6 is 0 Å². The van der Waals surface area contributed by atoms with Crippen molar-refractivity contribution in [2.24, 2.45) is 0 Å². The first kappa shape index (κ1) is 9.51. The molecule has 13 heavy (non-hydrogen) atoms. The van der Waals surface area contributed by atoms with Gasteiger partial charge in [0.05, 0.1) is 0 Å². The molecule has 0 aromatic carbocycles. The summed E-state index contributed by atoms with van der Waals surface area (Å²) >= 11 is 0. The number of hydrogen-bond donors (Lipinski definition) is 1. The van der Waals surface area contributed by atoms with E-state index >= 15 is 0 Å². The molecule has 1 N–H and O–H groups in total. The summed E-state index contributed by atoms with van der Waals surface area (Å²) < 4.78 is 0. The van der Waals surface area contributed by atoms with Crippen molar-refractivity contribution >= 4 is 6.03 Å². The lowest BCUT2D eigenvalue weighted by atomic mass is 10.3. The Morgan fingerprint density at radius 2 is 2.23 bits per heavy atom. The highest BCUT2D eigenvalue weighted by molar-refractivity contribution is 5.73. The van der Waals surface area contributed by atoms with Crippen molar-refractivity contribution in [2.45, 2.75) is 13.5 Å². The average Bonchev–Trinajstić information content (AvgIpc) is 2.17. The Bertz CT molecular complexity index is 261. The molecule has 0 aliphatic carbocycles. The monoisotopic (exact) mass is 178 g/mol. The van der Waals surface area contributed by atoms with Crippen LogP contribution in [0.5, 0.6) is 0 Å². The molecule has 0 aliphatic heterocycles. The van der Waals surface area contributed by atoms with Crippen molar-refractivity contribution in [2.75, 3.05) is 6.54 Å². The molecule has 0 unspecified atom stereocenters. The number of nitrogens with zero attached hydrogens (tertiary/aromatic N) is 2. The normalized spacial score (nSPS) is 9.31. The first-order valence-corrected chi connectivity index (χ1v) is 4.17. The number of amides is 2. The van der Waals surface area contributed by atoms with E-state index in [0.29, 0.717) is 13.1 Å². The summed E-state index contributed by atoms with van der Waals surface area (Å²) in [5.74, 6) is 0. The first-order chi connectivity index (χ1) is 6.33. The zero-order valence-corrected chi connectivity index (χ0v) is 7.53. The molecule has 0 spiro atoms. The molecule has 4 nitrogen and oxygen atoms in total. The van der Waals surface area contributed by atoms with Gasteiger partial charge in [-0.3, -0.25) is 4.98 Å². The zero-order chi connectivity index (χ0) is 9.52. The van der Waals surface area contributed by atoms with Crippen LogP contribution < -0.4 is 10.6 Å². The van der Waals surface area contributed by atoms with Gasteiger partial charge in [-0.05, 0) is 24.6 Å². The quantitative estimate of drug-likeness (QED) is 0.748. The van der Waals surface area contributed by atoms with Gasteiger partial charge in [-0.25, -0.2) is 10.1 Å². The fourth-order valence-corrected chi connectivity index (χ4v) is 0.878. The molecule has 1 aromatic heterocycles. The fraction of sp³-hybridized carbons (Fsp3) is 0.333. The Balaban J connectivity index is 2.31. The van der Waals surface area contributed by atoms with Gasteiger partial charge in [0.1, 0.15) is 0 Å². The van der Waals surface area contributed by atoms with Crippen molar-refractivity contribution < 1.29 is 4.79 Å². The average molecular weight is 178 g/mol. The maximum atomic E-state index is 10.9. The van der Waals surface area contributed by atoms with E-state index in [9.17, 15) is 4.79 Å². The summed E-state index contributed by atoms with van der Waals surface area (Å²) in [6.07, 6.45) is 3.39. The van der Waals surface area contributed by atoms with Crippen LogP contribution in [0.25, 0.3) is 0 Å². The highest BCUT2D eigenvalue weighted by Crippen LogP contribution is 1.94. The molecule has 1 rings (SSSR count). The smallest absolute Gasteiger partial charge is 0.332 e. The number of rotatable bonds is 3. The van der Waals surface area contributed by atoms with Gasteiger partial charge in [0, 0.05) is 25.5 Å². The maximum absolute atomic E-state index is 10.9. The zero-order valence-electron chi connectivity index (χ0n) is 7.53. The van der Waals surface area contributed by atoms with E-state index in [1.807, 2.05) is 19.1 Å². The summed E-state index contributed by atoms with van der Waals surface area (Å²) in [5, 5.41) is 6.34. The lowest BCUT2D eigenvalue weighted by molar-refractivity contribution is 0.240. The summed E-state index contributed by atoms with van der Waals surface area (Å²) in [7, 11) is 0. The van der Waals surface area contributed by atoms with Crippen LogP contribution in [0, 0.1) is 0 Å². The number of hydrogen-bond acceptors (Lipinski definition) is 2. The van der Waals surface area contributed by atoms with Gasteiger partial charge < -0.3 is 5.32 Å². The molecule has 1 radical (unpaired) electrons. The molecule has 0 saturated heterocycles. The Morgan fingerprint density at radius 3 is 2.85 bits per heavy atom. The molecule has 0 saturated carbocycles. The predicted molar refractivity (Wildman–Crippen MR) is 49.1 cm³/mol. The van der Waals surface area contributed by atoms with Crippen LogP contribution in [0.3, 0.4) is 0 Å². The molecular formula is C9H12N3O. The Morgan fingerprint density at radius 1 is 1.54 bits per heavy atom. The van der Waals surface area contributed by atoms with Gasteiger partial charge in [-0.15, -0.1) is 0 Å². The van der Waals surface area contributed by atoms with Crippen LogP contribution in [-0.2, 0) is 6.54 Å². The van der Waals surface area contributed by atoms with E-state index in [1.54, 1.807) is 12.4 Å². The van der Waals surface area contributed by atoms with Gasteiger partial charge >= 0.3 is 6.03 Å². The number of carbonyl (C=O) groups is 1. The van der Waals surface area contributed by atoms with E-state index in [4.69, 9.17) is 0 Å². The van der Waals surface area contributed by atoms with Gasteiger partial charge in [0.25, 0.3) is 0 Å². The van der Waals surface area contributed by atoms with E-state index in [-0.39, 0.29) is 6.03 Å². The van der Waals surface area contributed by atoms with Crippen LogP contribution in [-0.4, -0.2) is 17.6 Å². The largest absolute Gasteiger partial charge is 0.336 e. The third kappa shape index (κ3) is 3.55. The number of nitrogens with one attached hydrogen (secondary N) is 1. The topological polar surface area (TPSA) is 56.1 Å². The molecule has 2 amide bonds.